The molecule has 0 aromatic heterocycles. The van der Waals surface area contributed by atoms with Crippen LogP contribution in [0.4, 0.5) is 0 Å². The molecule has 0 saturated carbocycles. The van der Waals surface area contributed by atoms with Gasteiger partial charge in [-0.1, -0.05) is 6.92 Å². The van der Waals surface area contributed by atoms with Crippen molar-refractivity contribution < 1.29 is 19.4 Å². The number of nitriles is 1. The van der Waals surface area contributed by atoms with Gasteiger partial charge in [0.2, 0.25) is 0 Å². The van der Waals surface area contributed by atoms with Crippen molar-refractivity contribution in [1.29, 1.82) is 5.26 Å². The molecule has 0 fully saturated rings. The number of carboxylic acid groups (broad SMARTS) is 1. The van der Waals surface area contributed by atoms with Gasteiger partial charge < -0.3 is 14.6 Å². The Labute approximate surface area is 111 Å². The third kappa shape index (κ3) is 4.36. The van der Waals surface area contributed by atoms with Crippen molar-refractivity contribution >= 4 is 12.0 Å². The molecule has 1 aromatic carbocycles. The predicted octanol–water partition coefficient (Wildman–Crippen LogP) is 2.47. The molecule has 0 aliphatic heterocycles. The second kappa shape index (κ2) is 7.07. The van der Waals surface area contributed by atoms with Crippen LogP contribution in [-0.4, -0.2) is 24.3 Å². The first kappa shape index (κ1) is 14.6. The summed E-state index contributed by atoms with van der Waals surface area (Å²) in [5, 5.41) is 17.5. The van der Waals surface area contributed by atoms with E-state index in [0.717, 1.165) is 6.08 Å². The monoisotopic (exact) mass is 261 g/mol. The summed E-state index contributed by atoms with van der Waals surface area (Å²) in [6.07, 6.45) is 2.39. The van der Waals surface area contributed by atoms with Gasteiger partial charge in [-0.15, -0.1) is 0 Å². The van der Waals surface area contributed by atoms with Crippen molar-refractivity contribution in [1.82, 2.24) is 0 Å². The van der Waals surface area contributed by atoms with Crippen molar-refractivity contribution in [2.75, 3.05) is 7.11 Å². The fraction of sp³-hybridized carbons (Fsp3) is 0.286. The fourth-order valence-electron chi connectivity index (χ4n) is 1.40. The zero-order chi connectivity index (χ0) is 14.3. The molecule has 0 aliphatic rings. The highest BCUT2D eigenvalue weighted by Gasteiger charge is 2.10. The van der Waals surface area contributed by atoms with E-state index in [1.165, 1.54) is 13.2 Å². The first-order valence-electron chi connectivity index (χ1n) is 5.76. The van der Waals surface area contributed by atoms with Gasteiger partial charge in [-0.25, -0.2) is 4.79 Å². The van der Waals surface area contributed by atoms with Crippen molar-refractivity contribution in [3.05, 3.63) is 29.8 Å². The zero-order valence-electron chi connectivity index (χ0n) is 10.8. The number of hydrogen-bond donors (Lipinski definition) is 1. The van der Waals surface area contributed by atoms with Gasteiger partial charge in [-0.2, -0.15) is 5.26 Å². The van der Waals surface area contributed by atoms with Gasteiger partial charge in [-0.3, -0.25) is 0 Å². The van der Waals surface area contributed by atoms with Gasteiger partial charge in [0, 0.05) is 17.7 Å². The number of benzene rings is 1. The number of hydrogen-bond acceptors (Lipinski definition) is 4. The van der Waals surface area contributed by atoms with Crippen LogP contribution in [0.25, 0.3) is 6.08 Å². The topological polar surface area (TPSA) is 79.5 Å². The van der Waals surface area contributed by atoms with E-state index in [-0.39, 0.29) is 0 Å². The Morgan fingerprint density at radius 1 is 1.58 bits per heavy atom. The quantitative estimate of drug-likeness (QED) is 0.796. The molecule has 0 saturated heterocycles. The second-order valence-electron chi connectivity index (χ2n) is 3.72. The Kier molecular flexibility index (Phi) is 5.42. The van der Waals surface area contributed by atoms with E-state index in [4.69, 9.17) is 19.8 Å². The van der Waals surface area contributed by atoms with Gasteiger partial charge in [0.25, 0.3) is 0 Å². The third-order valence-electron chi connectivity index (χ3n) is 2.41. The molecule has 0 aliphatic carbocycles. The van der Waals surface area contributed by atoms with Crippen LogP contribution in [0.15, 0.2) is 24.3 Å². The average Bonchev–Trinajstić information content (AvgIpc) is 2.42. The van der Waals surface area contributed by atoms with Crippen molar-refractivity contribution in [3.63, 3.8) is 0 Å². The van der Waals surface area contributed by atoms with E-state index in [1.807, 2.05) is 13.0 Å². The first-order valence-corrected chi connectivity index (χ1v) is 5.76. The summed E-state index contributed by atoms with van der Waals surface area (Å²) in [6.45, 7) is 1.83. The summed E-state index contributed by atoms with van der Waals surface area (Å²) in [7, 11) is 1.52. The molecule has 100 valence electrons. The maximum absolute atomic E-state index is 10.5. The van der Waals surface area contributed by atoms with E-state index < -0.39 is 12.1 Å². The number of methoxy groups -OCH3 is 1. The number of rotatable bonds is 6. The number of carbonyl (C=O) groups is 1. The molecule has 0 spiro atoms. The molecule has 19 heavy (non-hydrogen) atoms. The van der Waals surface area contributed by atoms with Crippen LogP contribution in [0.1, 0.15) is 18.9 Å². The van der Waals surface area contributed by atoms with Crippen molar-refractivity contribution in [3.8, 4) is 17.6 Å². The van der Waals surface area contributed by atoms with Crippen molar-refractivity contribution in [2.24, 2.45) is 0 Å². The van der Waals surface area contributed by atoms with Crippen LogP contribution in [0, 0.1) is 11.3 Å². The zero-order valence-corrected chi connectivity index (χ0v) is 10.8. The highest BCUT2D eigenvalue weighted by Crippen LogP contribution is 2.27. The van der Waals surface area contributed by atoms with E-state index in [1.54, 1.807) is 18.2 Å². The maximum atomic E-state index is 10.5. The van der Waals surface area contributed by atoms with Gasteiger partial charge >= 0.3 is 5.97 Å². The largest absolute Gasteiger partial charge is 0.497 e. The summed E-state index contributed by atoms with van der Waals surface area (Å²) in [4.78, 5) is 10.5. The van der Waals surface area contributed by atoms with Crippen LogP contribution in [0.3, 0.4) is 0 Å². The SMILES string of the molecule is CCC(C#N)Oc1cc(OC)ccc1C=CC(=O)O. The number of nitrogens with zero attached hydrogens (tertiary/aromatic N) is 1. The molecular weight excluding hydrogens is 246 g/mol. The van der Waals surface area contributed by atoms with Crippen LogP contribution in [0.2, 0.25) is 0 Å². The van der Waals surface area contributed by atoms with Crippen molar-refractivity contribution in [2.45, 2.75) is 19.4 Å². The molecular formula is C14H15NO4. The standard InChI is InChI=1S/C14H15NO4/c1-3-11(9-15)19-13-8-12(18-2)6-4-10(13)5-7-14(16)17/h4-8,11H,3H2,1-2H3,(H,16,17). The third-order valence-corrected chi connectivity index (χ3v) is 2.41. The Bertz CT molecular complexity index is 517. The molecule has 0 amide bonds. The molecule has 0 bridgehead atoms. The number of ether oxygens (including phenoxy) is 2. The minimum atomic E-state index is -1.05. The normalized spacial score (nSPS) is 11.8. The minimum absolute atomic E-state index is 0.422. The molecule has 1 atom stereocenters. The Balaban J connectivity index is 3.09. The van der Waals surface area contributed by atoms with Crippen LogP contribution >= 0.6 is 0 Å². The average molecular weight is 261 g/mol. The van der Waals surface area contributed by atoms with Crippen LogP contribution in [0.5, 0.6) is 11.5 Å². The first-order chi connectivity index (χ1) is 9.10. The molecule has 1 unspecified atom stereocenters. The Morgan fingerprint density at radius 2 is 2.32 bits per heavy atom. The highest BCUT2D eigenvalue weighted by molar-refractivity contribution is 5.86. The summed E-state index contributed by atoms with van der Waals surface area (Å²) < 4.78 is 10.6. The van der Waals surface area contributed by atoms with Crippen LogP contribution < -0.4 is 9.47 Å². The second-order valence-corrected chi connectivity index (χ2v) is 3.72. The van der Waals surface area contributed by atoms with Gasteiger partial charge in [-0.05, 0) is 24.6 Å². The van der Waals surface area contributed by atoms with Crippen LogP contribution in [-0.2, 0) is 4.79 Å². The minimum Gasteiger partial charge on any atom is -0.497 e. The fourth-order valence-corrected chi connectivity index (χ4v) is 1.40. The molecule has 1 rings (SSSR count). The van der Waals surface area contributed by atoms with Gasteiger partial charge in [0.15, 0.2) is 6.10 Å². The summed E-state index contributed by atoms with van der Waals surface area (Å²) in [5.74, 6) is -0.0467. The number of carboxylic acids is 1. The van der Waals surface area contributed by atoms with E-state index in [9.17, 15) is 4.79 Å². The predicted molar refractivity (Wildman–Crippen MR) is 70.0 cm³/mol. The lowest BCUT2D eigenvalue weighted by Crippen LogP contribution is -2.13. The molecule has 0 heterocycles. The van der Waals surface area contributed by atoms with Gasteiger partial charge in [0.05, 0.1) is 7.11 Å². The molecule has 1 aromatic rings. The molecule has 0 radical (unpaired) electrons. The van der Waals surface area contributed by atoms with E-state index in [2.05, 4.69) is 0 Å². The lowest BCUT2D eigenvalue weighted by molar-refractivity contribution is -0.131. The summed E-state index contributed by atoms with van der Waals surface area (Å²) in [5.41, 5.74) is 0.580. The van der Waals surface area contributed by atoms with E-state index in [0.29, 0.717) is 23.5 Å². The smallest absolute Gasteiger partial charge is 0.328 e. The highest BCUT2D eigenvalue weighted by atomic mass is 16.5. The maximum Gasteiger partial charge on any atom is 0.328 e. The lowest BCUT2D eigenvalue weighted by atomic mass is 10.1. The summed E-state index contributed by atoms with van der Waals surface area (Å²) in [6, 6.07) is 7.03. The lowest BCUT2D eigenvalue weighted by Gasteiger charge is -2.13. The number of aliphatic carboxylic acids is 1. The molecule has 5 nitrogen and oxygen atoms in total. The Morgan fingerprint density at radius 3 is 2.84 bits per heavy atom. The molecule has 1 N–H and O–H groups in total. The van der Waals surface area contributed by atoms with Gasteiger partial charge in [0.1, 0.15) is 17.6 Å². The summed E-state index contributed by atoms with van der Waals surface area (Å²) >= 11 is 0. The van der Waals surface area contributed by atoms with E-state index >= 15 is 0 Å². The molecule has 5 heteroatoms. The Hall–Kier alpha value is -2.48.